The molecule has 0 aliphatic carbocycles. The van der Waals surface area contributed by atoms with Gasteiger partial charge in [0.2, 0.25) is 0 Å². The first kappa shape index (κ1) is 15.6. The van der Waals surface area contributed by atoms with Gasteiger partial charge in [-0.15, -0.1) is 0 Å². The average Bonchev–Trinajstić information content (AvgIpc) is 2.25. The Labute approximate surface area is 101 Å². The fourth-order valence-corrected chi connectivity index (χ4v) is 5.28. The Morgan fingerprint density at radius 3 is 2.12 bits per heavy atom. The van der Waals surface area contributed by atoms with Crippen LogP contribution in [0.4, 0.5) is 0 Å². The molecule has 0 N–H and O–H groups in total. The molecule has 94 valence electrons. The van der Waals surface area contributed by atoms with Crippen molar-refractivity contribution in [2.45, 2.75) is 65.7 Å². The molecular formula is C13H26O2Si. The van der Waals surface area contributed by atoms with E-state index in [4.69, 9.17) is 4.43 Å². The third-order valence-corrected chi connectivity index (χ3v) is 7.46. The molecule has 0 spiro atoms. The van der Waals surface area contributed by atoms with E-state index < -0.39 is 8.32 Å². The summed E-state index contributed by atoms with van der Waals surface area (Å²) >= 11 is 0. The summed E-state index contributed by atoms with van der Waals surface area (Å²) in [5, 5.41) is 0.195. The number of carbonyl (C=O) groups is 1. The van der Waals surface area contributed by atoms with E-state index in [2.05, 4.69) is 34.3 Å². The Morgan fingerprint density at radius 1 is 1.31 bits per heavy atom. The lowest BCUT2D eigenvalue weighted by Crippen LogP contribution is -2.48. The fourth-order valence-electron chi connectivity index (χ4n) is 2.03. The molecule has 0 heterocycles. The summed E-state index contributed by atoms with van der Waals surface area (Å²) in [6.45, 7) is 13.9. The maximum Gasteiger partial charge on any atom is 0.270 e. The lowest BCUT2D eigenvalue weighted by Gasteiger charge is -2.31. The minimum Gasteiger partial charge on any atom is -0.406 e. The lowest BCUT2D eigenvalue weighted by atomic mass is 10.2. The van der Waals surface area contributed by atoms with Crippen molar-refractivity contribution in [3.8, 4) is 0 Å². The molecule has 0 rings (SSSR count). The van der Waals surface area contributed by atoms with Gasteiger partial charge < -0.3 is 4.43 Å². The van der Waals surface area contributed by atoms with Gasteiger partial charge in [0, 0.05) is 6.10 Å². The molecule has 16 heavy (non-hydrogen) atoms. The van der Waals surface area contributed by atoms with E-state index in [1.165, 1.54) is 0 Å². The third kappa shape index (κ3) is 3.87. The summed E-state index contributed by atoms with van der Waals surface area (Å²) < 4.78 is 6.13. The molecule has 0 saturated heterocycles. The highest BCUT2D eigenvalue weighted by Gasteiger charge is 2.41. The van der Waals surface area contributed by atoms with Crippen LogP contribution in [-0.4, -0.2) is 19.8 Å². The molecule has 0 bridgehead atoms. The summed E-state index contributed by atoms with van der Waals surface area (Å²) in [6, 6.07) is 1.70. The zero-order valence-electron chi connectivity index (χ0n) is 11.4. The highest BCUT2D eigenvalue weighted by Crippen LogP contribution is 2.24. The Balaban J connectivity index is 4.81. The standard InChI is InChI=1S/C13H26O2Si/c1-7-10-12(6)15-16(8-2,9-3)13(14)11(4)5/h12H,4,7-10H2,1-3,5-6H3. The summed E-state index contributed by atoms with van der Waals surface area (Å²) in [5.74, 6) is 0. The number of allylic oxidation sites excluding steroid dienone is 1. The first-order valence-electron chi connectivity index (χ1n) is 6.31. The number of hydrogen-bond acceptors (Lipinski definition) is 2. The first-order valence-corrected chi connectivity index (χ1v) is 8.63. The molecule has 0 saturated carbocycles. The smallest absolute Gasteiger partial charge is 0.270 e. The van der Waals surface area contributed by atoms with Gasteiger partial charge in [0.05, 0.1) is 0 Å². The monoisotopic (exact) mass is 242 g/mol. The minimum atomic E-state index is -2.25. The molecule has 0 aliphatic rings. The molecule has 3 heteroatoms. The zero-order chi connectivity index (χ0) is 12.8. The van der Waals surface area contributed by atoms with Crippen molar-refractivity contribution in [3.05, 3.63) is 12.2 Å². The Bertz CT molecular complexity index is 244. The summed E-state index contributed by atoms with van der Waals surface area (Å²) in [4.78, 5) is 12.2. The van der Waals surface area contributed by atoms with E-state index in [0.717, 1.165) is 24.9 Å². The summed E-state index contributed by atoms with van der Waals surface area (Å²) in [7, 11) is -2.25. The Hall–Kier alpha value is -0.413. The van der Waals surface area contributed by atoms with Crippen LogP contribution in [0.15, 0.2) is 12.2 Å². The van der Waals surface area contributed by atoms with Crippen molar-refractivity contribution in [1.29, 1.82) is 0 Å². The van der Waals surface area contributed by atoms with Crippen LogP contribution in [0, 0.1) is 0 Å². The van der Waals surface area contributed by atoms with E-state index in [1.54, 1.807) is 6.92 Å². The van der Waals surface area contributed by atoms with E-state index in [1.807, 2.05) is 0 Å². The van der Waals surface area contributed by atoms with Gasteiger partial charge in [-0.2, -0.15) is 0 Å². The molecule has 0 fully saturated rings. The van der Waals surface area contributed by atoms with Gasteiger partial charge in [-0.25, -0.2) is 0 Å². The average molecular weight is 242 g/mol. The van der Waals surface area contributed by atoms with Crippen LogP contribution < -0.4 is 0 Å². The van der Waals surface area contributed by atoms with Gasteiger partial charge in [0.1, 0.15) is 0 Å². The third-order valence-electron chi connectivity index (χ3n) is 3.07. The molecule has 0 aromatic carbocycles. The normalized spacial score (nSPS) is 13.6. The van der Waals surface area contributed by atoms with Crippen molar-refractivity contribution < 1.29 is 9.22 Å². The molecule has 0 aromatic heterocycles. The maximum atomic E-state index is 12.2. The zero-order valence-corrected chi connectivity index (χ0v) is 12.4. The van der Waals surface area contributed by atoms with E-state index in [-0.39, 0.29) is 11.5 Å². The lowest BCUT2D eigenvalue weighted by molar-refractivity contribution is -0.111. The Morgan fingerprint density at radius 2 is 1.81 bits per heavy atom. The van der Waals surface area contributed by atoms with Gasteiger partial charge in [0.15, 0.2) is 5.41 Å². The molecule has 2 nitrogen and oxygen atoms in total. The van der Waals surface area contributed by atoms with Crippen LogP contribution in [0.25, 0.3) is 0 Å². The second-order valence-electron chi connectivity index (χ2n) is 4.53. The molecule has 0 radical (unpaired) electrons. The van der Waals surface area contributed by atoms with Crippen LogP contribution in [-0.2, 0) is 9.22 Å². The molecule has 1 unspecified atom stereocenters. The van der Waals surface area contributed by atoms with Crippen molar-refractivity contribution in [1.82, 2.24) is 0 Å². The van der Waals surface area contributed by atoms with Crippen LogP contribution in [0.1, 0.15) is 47.5 Å². The van der Waals surface area contributed by atoms with Gasteiger partial charge >= 0.3 is 0 Å². The second kappa shape index (κ2) is 7.02. The minimum absolute atomic E-state index is 0.194. The van der Waals surface area contributed by atoms with Crippen molar-refractivity contribution in [2.24, 2.45) is 0 Å². The van der Waals surface area contributed by atoms with Gasteiger partial charge in [-0.3, -0.25) is 4.79 Å². The molecule has 0 amide bonds. The van der Waals surface area contributed by atoms with Crippen molar-refractivity contribution in [2.75, 3.05) is 0 Å². The van der Waals surface area contributed by atoms with Crippen molar-refractivity contribution >= 4 is 13.7 Å². The number of carbonyl (C=O) groups excluding carboxylic acids is 1. The van der Waals surface area contributed by atoms with E-state index >= 15 is 0 Å². The summed E-state index contributed by atoms with van der Waals surface area (Å²) in [5.41, 5.74) is 0.652. The molecule has 0 aliphatic heterocycles. The summed E-state index contributed by atoms with van der Waals surface area (Å²) in [6.07, 6.45) is 2.32. The largest absolute Gasteiger partial charge is 0.406 e. The second-order valence-corrected chi connectivity index (χ2v) is 8.62. The van der Waals surface area contributed by atoms with Gasteiger partial charge in [0.25, 0.3) is 8.32 Å². The predicted octanol–water partition coefficient (Wildman–Crippen LogP) is 3.86. The van der Waals surface area contributed by atoms with Crippen molar-refractivity contribution in [3.63, 3.8) is 0 Å². The Kier molecular flexibility index (Phi) is 6.84. The first-order chi connectivity index (χ1) is 7.43. The molecule has 0 aromatic rings. The highest BCUT2D eigenvalue weighted by molar-refractivity contribution is 7.03. The number of rotatable bonds is 8. The quantitative estimate of drug-likeness (QED) is 0.477. The number of hydrogen-bond donors (Lipinski definition) is 0. The van der Waals surface area contributed by atoms with Gasteiger partial charge in [-0.05, 0) is 37.9 Å². The predicted molar refractivity (Wildman–Crippen MR) is 72.0 cm³/mol. The van der Waals surface area contributed by atoms with Crippen LogP contribution in [0.3, 0.4) is 0 Å². The van der Waals surface area contributed by atoms with Crippen LogP contribution >= 0.6 is 0 Å². The SMILES string of the molecule is C=C(C)C(=O)[Si](CC)(CC)OC(C)CCC. The topological polar surface area (TPSA) is 26.3 Å². The van der Waals surface area contributed by atoms with Gasteiger partial charge in [-0.1, -0.05) is 33.8 Å². The molecule has 1 atom stereocenters. The van der Waals surface area contributed by atoms with E-state index in [9.17, 15) is 4.79 Å². The van der Waals surface area contributed by atoms with E-state index in [0.29, 0.717) is 5.57 Å². The van der Waals surface area contributed by atoms with Crippen LogP contribution in [0.5, 0.6) is 0 Å². The molecular weight excluding hydrogens is 216 g/mol. The fraction of sp³-hybridized carbons (Fsp3) is 0.769. The highest BCUT2D eigenvalue weighted by atomic mass is 28.4. The van der Waals surface area contributed by atoms with Crippen LogP contribution in [0.2, 0.25) is 12.1 Å². The maximum absolute atomic E-state index is 12.2.